The predicted octanol–water partition coefficient (Wildman–Crippen LogP) is 4.32. The van der Waals surface area contributed by atoms with E-state index < -0.39 is 5.91 Å². The van der Waals surface area contributed by atoms with Gasteiger partial charge in [0.15, 0.2) is 0 Å². The minimum atomic E-state index is -0.544. The molecule has 0 atom stereocenters. The smallest absolute Gasteiger partial charge is 0.294 e. The van der Waals surface area contributed by atoms with E-state index in [1.165, 1.54) is 11.1 Å². The fraction of sp³-hybridized carbons (Fsp3) is 0.273. The zero-order chi connectivity index (χ0) is 22.4. The van der Waals surface area contributed by atoms with Crippen LogP contribution in [0.15, 0.2) is 47.0 Å². The fourth-order valence-corrected chi connectivity index (χ4v) is 3.05. The van der Waals surface area contributed by atoms with Crippen molar-refractivity contribution < 1.29 is 18.8 Å². The van der Waals surface area contributed by atoms with Gasteiger partial charge in [0.05, 0.1) is 5.02 Å². The maximum Gasteiger partial charge on any atom is 0.294 e. The Balaban J connectivity index is 1.71. The third-order valence-electron chi connectivity index (χ3n) is 4.58. The number of pyridine rings is 1. The Morgan fingerprint density at radius 1 is 1.03 bits per heavy atom. The van der Waals surface area contributed by atoms with Gasteiger partial charge in [0.25, 0.3) is 5.91 Å². The monoisotopic (exact) mass is 442 g/mol. The number of nitrogens with one attached hydrogen (secondary N) is 2. The van der Waals surface area contributed by atoms with Gasteiger partial charge in [0.1, 0.15) is 17.1 Å². The molecule has 9 heteroatoms. The summed E-state index contributed by atoms with van der Waals surface area (Å²) in [5.41, 5.74) is 0.778. The summed E-state index contributed by atoms with van der Waals surface area (Å²) in [7, 11) is 3.40. The molecule has 0 saturated carbocycles. The van der Waals surface area contributed by atoms with Crippen molar-refractivity contribution in [3.8, 4) is 0 Å². The van der Waals surface area contributed by atoms with Crippen LogP contribution in [0.1, 0.15) is 36.2 Å². The average molecular weight is 443 g/mol. The number of amides is 3. The molecule has 3 amide bonds. The zero-order valence-corrected chi connectivity index (χ0v) is 18.0. The second-order valence-corrected chi connectivity index (χ2v) is 7.60. The number of halogens is 1. The van der Waals surface area contributed by atoms with E-state index in [0.29, 0.717) is 46.8 Å². The van der Waals surface area contributed by atoms with E-state index in [2.05, 4.69) is 15.6 Å². The Hall–Kier alpha value is -3.39. The van der Waals surface area contributed by atoms with Crippen LogP contribution in [0.5, 0.6) is 0 Å². The number of hydrogen-bond donors (Lipinski definition) is 2. The maximum absolute atomic E-state index is 12.8. The number of hydrogen-bond acceptors (Lipinski definition) is 5. The molecule has 2 aromatic heterocycles. The topological polar surface area (TPSA) is 105 Å². The summed E-state index contributed by atoms with van der Waals surface area (Å²) in [6, 6.07) is 10.2. The molecule has 0 aliphatic rings. The minimum Gasteiger partial charge on any atom is -0.449 e. The SMILES string of the molecule is CN(C)C(=O)CCCCC(=O)Nc1c(C(=O)Nc2ccc(Cl)cn2)oc2ccccc12. The molecule has 8 nitrogen and oxygen atoms in total. The van der Waals surface area contributed by atoms with Gasteiger partial charge in [-0.25, -0.2) is 4.98 Å². The highest BCUT2D eigenvalue weighted by molar-refractivity contribution is 6.30. The van der Waals surface area contributed by atoms with Gasteiger partial charge < -0.3 is 20.0 Å². The summed E-state index contributed by atoms with van der Waals surface area (Å²) in [4.78, 5) is 42.5. The molecule has 0 aliphatic carbocycles. The van der Waals surface area contributed by atoms with Crippen LogP contribution in [0.4, 0.5) is 11.5 Å². The van der Waals surface area contributed by atoms with Gasteiger partial charge in [-0.1, -0.05) is 23.7 Å². The summed E-state index contributed by atoms with van der Waals surface area (Å²) < 4.78 is 5.71. The fourth-order valence-electron chi connectivity index (χ4n) is 2.94. The van der Waals surface area contributed by atoms with Gasteiger partial charge in [-0.2, -0.15) is 0 Å². The normalized spacial score (nSPS) is 10.7. The number of carbonyl (C=O) groups excluding carboxylic acids is 3. The summed E-state index contributed by atoms with van der Waals surface area (Å²) in [5.74, 6) is -0.497. The first-order valence-electron chi connectivity index (χ1n) is 9.79. The predicted molar refractivity (Wildman–Crippen MR) is 119 cm³/mol. The molecular formula is C22H23ClN4O4. The average Bonchev–Trinajstić information content (AvgIpc) is 3.11. The first-order valence-corrected chi connectivity index (χ1v) is 10.2. The lowest BCUT2D eigenvalue weighted by molar-refractivity contribution is -0.129. The van der Waals surface area contributed by atoms with E-state index in [0.717, 1.165) is 0 Å². The molecule has 0 radical (unpaired) electrons. The molecular weight excluding hydrogens is 420 g/mol. The Morgan fingerprint density at radius 3 is 2.48 bits per heavy atom. The zero-order valence-electron chi connectivity index (χ0n) is 17.3. The second-order valence-electron chi connectivity index (χ2n) is 7.16. The first-order chi connectivity index (χ1) is 14.8. The second kappa shape index (κ2) is 10.1. The number of fused-ring (bicyclic) bond motifs is 1. The van der Waals surface area contributed by atoms with Crippen molar-refractivity contribution in [3.05, 3.63) is 53.4 Å². The van der Waals surface area contributed by atoms with Gasteiger partial charge in [-0.05, 0) is 37.1 Å². The van der Waals surface area contributed by atoms with Gasteiger partial charge in [-0.3, -0.25) is 14.4 Å². The van der Waals surface area contributed by atoms with E-state index in [4.69, 9.17) is 16.0 Å². The van der Waals surface area contributed by atoms with Gasteiger partial charge >= 0.3 is 0 Å². The van der Waals surface area contributed by atoms with E-state index in [-0.39, 0.29) is 24.0 Å². The molecule has 0 fully saturated rings. The van der Waals surface area contributed by atoms with Crippen molar-refractivity contribution in [2.24, 2.45) is 0 Å². The number of unbranched alkanes of at least 4 members (excludes halogenated alkanes) is 1. The summed E-state index contributed by atoms with van der Waals surface area (Å²) in [6.45, 7) is 0. The van der Waals surface area contributed by atoms with Crippen molar-refractivity contribution in [3.63, 3.8) is 0 Å². The highest BCUT2D eigenvalue weighted by Gasteiger charge is 2.22. The van der Waals surface area contributed by atoms with Gasteiger partial charge in [0.2, 0.25) is 17.6 Å². The molecule has 3 aromatic rings. The maximum atomic E-state index is 12.8. The van der Waals surface area contributed by atoms with Crippen molar-refractivity contribution in [1.29, 1.82) is 0 Å². The van der Waals surface area contributed by atoms with E-state index in [9.17, 15) is 14.4 Å². The number of anilines is 2. The van der Waals surface area contributed by atoms with Crippen LogP contribution in [0.2, 0.25) is 5.02 Å². The van der Waals surface area contributed by atoms with Gasteiger partial charge in [0, 0.05) is 38.5 Å². The number of benzene rings is 1. The van der Waals surface area contributed by atoms with Crippen molar-refractivity contribution >= 4 is 51.8 Å². The summed E-state index contributed by atoms with van der Waals surface area (Å²) >= 11 is 5.82. The Labute approximate surface area is 184 Å². The van der Waals surface area contributed by atoms with Gasteiger partial charge in [-0.15, -0.1) is 0 Å². The Kier molecular flexibility index (Phi) is 7.25. The molecule has 2 heterocycles. The Morgan fingerprint density at radius 2 is 1.77 bits per heavy atom. The highest BCUT2D eigenvalue weighted by Crippen LogP contribution is 2.31. The summed E-state index contributed by atoms with van der Waals surface area (Å²) in [6.07, 6.45) is 3.18. The largest absolute Gasteiger partial charge is 0.449 e. The number of aromatic nitrogens is 1. The molecule has 0 unspecified atom stereocenters. The lowest BCUT2D eigenvalue weighted by Gasteiger charge is -2.10. The lowest BCUT2D eigenvalue weighted by Crippen LogP contribution is -2.21. The van der Waals surface area contributed by atoms with E-state index in [1.807, 2.05) is 0 Å². The number of rotatable bonds is 8. The molecule has 1 aromatic carbocycles. The number of carbonyl (C=O) groups is 3. The Bertz CT molecular complexity index is 1090. The number of nitrogens with zero attached hydrogens (tertiary/aromatic N) is 2. The van der Waals surface area contributed by atoms with Crippen LogP contribution in [-0.2, 0) is 9.59 Å². The van der Waals surface area contributed by atoms with Crippen LogP contribution in [0.3, 0.4) is 0 Å². The standard InChI is InChI=1S/C22H23ClN4O4/c1-27(2)19(29)10-6-5-9-18(28)26-20-15-7-3-4-8-16(15)31-21(20)22(30)25-17-12-11-14(23)13-24-17/h3-4,7-8,11-13H,5-6,9-10H2,1-2H3,(H,26,28)(H,24,25,30). The molecule has 0 spiro atoms. The van der Waals surface area contributed by atoms with Crippen LogP contribution >= 0.6 is 11.6 Å². The van der Waals surface area contributed by atoms with Crippen molar-refractivity contribution in [2.75, 3.05) is 24.7 Å². The first kappa shape index (κ1) is 22.3. The van der Waals surface area contributed by atoms with E-state index >= 15 is 0 Å². The molecule has 2 N–H and O–H groups in total. The van der Waals surface area contributed by atoms with Crippen LogP contribution in [0.25, 0.3) is 11.0 Å². The highest BCUT2D eigenvalue weighted by atomic mass is 35.5. The molecule has 0 aliphatic heterocycles. The van der Waals surface area contributed by atoms with Crippen LogP contribution in [0, 0.1) is 0 Å². The van der Waals surface area contributed by atoms with E-state index in [1.54, 1.807) is 50.5 Å². The summed E-state index contributed by atoms with van der Waals surface area (Å²) in [5, 5.41) is 6.49. The van der Waals surface area contributed by atoms with Crippen LogP contribution < -0.4 is 10.6 Å². The molecule has 162 valence electrons. The molecule has 31 heavy (non-hydrogen) atoms. The van der Waals surface area contributed by atoms with Crippen molar-refractivity contribution in [2.45, 2.75) is 25.7 Å². The molecule has 0 bridgehead atoms. The minimum absolute atomic E-state index is 0.0194. The number of para-hydroxylation sites is 1. The number of furan rings is 1. The lowest BCUT2D eigenvalue weighted by atomic mass is 10.1. The van der Waals surface area contributed by atoms with Crippen molar-refractivity contribution in [1.82, 2.24) is 9.88 Å². The molecule has 3 rings (SSSR count). The van der Waals surface area contributed by atoms with Crippen LogP contribution in [-0.4, -0.2) is 41.7 Å². The molecule has 0 saturated heterocycles. The third-order valence-corrected chi connectivity index (χ3v) is 4.80. The quantitative estimate of drug-likeness (QED) is 0.505. The third kappa shape index (κ3) is 5.82.